The molecule has 2 aromatic rings. The minimum absolute atomic E-state index is 0.0447. The molecule has 4 unspecified atom stereocenters. The number of phosphoric ester groups is 1. The van der Waals surface area contributed by atoms with Gasteiger partial charge < -0.3 is 14.4 Å². The fourth-order valence-electron chi connectivity index (χ4n) is 3.29. The number of para-hydroxylation sites is 1. The normalized spacial score (nSPS) is 30.8. The van der Waals surface area contributed by atoms with Crippen molar-refractivity contribution in [3.8, 4) is 5.75 Å². The molecule has 2 N–H and O–H groups in total. The summed E-state index contributed by atoms with van der Waals surface area (Å²) in [6.45, 7) is -1.86. The number of phosphoric acid groups is 1. The van der Waals surface area contributed by atoms with Gasteiger partial charge in [0, 0.05) is 11.8 Å². The lowest BCUT2D eigenvalue weighted by atomic mass is 9.96. The summed E-state index contributed by atoms with van der Waals surface area (Å²) in [5, 5.41) is 9.41. The molecule has 2 aliphatic rings. The fourth-order valence-corrected chi connectivity index (χ4v) is 4.70. The molecule has 4 atom stereocenters. The predicted molar refractivity (Wildman–Crippen MR) is 102 cm³/mol. The van der Waals surface area contributed by atoms with Crippen molar-refractivity contribution >= 4 is 19.4 Å². The van der Waals surface area contributed by atoms with Crippen molar-refractivity contribution in [2.45, 2.75) is 36.9 Å². The minimum atomic E-state index is -4.57. The van der Waals surface area contributed by atoms with Crippen LogP contribution in [0.15, 0.2) is 40.1 Å². The van der Waals surface area contributed by atoms with E-state index in [4.69, 9.17) is 29.9 Å². The molecule has 0 spiro atoms. The SMILES string of the molecule is O=c1[nH]c(=O)n(C2OC(COP3(=O)OCc4ccccc4O3)(C(F)F)C(O)C2(F)F)cc1Cl. The van der Waals surface area contributed by atoms with E-state index in [2.05, 4.69) is 0 Å². The van der Waals surface area contributed by atoms with Gasteiger partial charge in [0.2, 0.25) is 6.23 Å². The topological polar surface area (TPSA) is 129 Å². The van der Waals surface area contributed by atoms with Crippen LogP contribution in [0.25, 0.3) is 0 Å². The molecular formula is C17H14ClF4N2O8P. The van der Waals surface area contributed by atoms with Crippen LogP contribution in [-0.4, -0.2) is 45.3 Å². The summed E-state index contributed by atoms with van der Waals surface area (Å²) in [5.41, 5.74) is -5.57. The lowest BCUT2D eigenvalue weighted by molar-refractivity contribution is -0.194. The number of nitrogens with zero attached hydrogens (tertiary/aromatic N) is 1. The molecule has 0 bridgehead atoms. The number of H-pyrrole nitrogens is 1. The summed E-state index contributed by atoms with van der Waals surface area (Å²) < 4.78 is 90.1. The Bertz CT molecular complexity index is 1240. The van der Waals surface area contributed by atoms with E-state index in [1.54, 1.807) is 17.1 Å². The lowest BCUT2D eigenvalue weighted by Crippen LogP contribution is -2.54. The summed E-state index contributed by atoms with van der Waals surface area (Å²) in [6.07, 6.45) is -9.43. The van der Waals surface area contributed by atoms with Gasteiger partial charge in [-0.3, -0.25) is 23.4 Å². The number of ether oxygens (including phenoxy) is 1. The number of fused-ring (bicyclic) bond motifs is 1. The Morgan fingerprint density at radius 2 is 2.03 bits per heavy atom. The van der Waals surface area contributed by atoms with Crippen molar-refractivity contribution in [2.75, 3.05) is 6.61 Å². The number of alkyl halides is 4. The summed E-state index contributed by atoms with van der Waals surface area (Å²) in [6, 6.07) is 6.12. The van der Waals surface area contributed by atoms with E-state index in [9.17, 15) is 36.8 Å². The maximum absolute atomic E-state index is 14.8. The van der Waals surface area contributed by atoms with Gasteiger partial charge >= 0.3 is 19.4 Å². The van der Waals surface area contributed by atoms with Crippen molar-refractivity contribution in [3.05, 3.63) is 61.9 Å². The van der Waals surface area contributed by atoms with E-state index in [-0.39, 0.29) is 16.9 Å². The van der Waals surface area contributed by atoms with Gasteiger partial charge in [0.1, 0.15) is 10.8 Å². The van der Waals surface area contributed by atoms with Crippen LogP contribution in [0.5, 0.6) is 5.75 Å². The number of benzene rings is 1. The number of aromatic amines is 1. The third-order valence-electron chi connectivity index (χ3n) is 5.04. The first-order chi connectivity index (χ1) is 15.4. The first kappa shape index (κ1) is 23.9. The Labute approximate surface area is 186 Å². The van der Waals surface area contributed by atoms with Crippen molar-refractivity contribution in [2.24, 2.45) is 0 Å². The number of hydrogen-bond donors (Lipinski definition) is 2. The first-order valence-electron chi connectivity index (χ1n) is 9.09. The summed E-state index contributed by atoms with van der Waals surface area (Å²) >= 11 is 5.54. The Morgan fingerprint density at radius 3 is 2.73 bits per heavy atom. The Morgan fingerprint density at radius 1 is 1.33 bits per heavy atom. The molecular weight excluding hydrogens is 503 g/mol. The molecule has 3 heterocycles. The maximum atomic E-state index is 14.8. The van der Waals surface area contributed by atoms with E-state index in [0.29, 0.717) is 11.8 Å². The monoisotopic (exact) mass is 516 g/mol. The van der Waals surface area contributed by atoms with Crippen LogP contribution in [0.3, 0.4) is 0 Å². The van der Waals surface area contributed by atoms with Gasteiger partial charge in [0.25, 0.3) is 12.0 Å². The summed E-state index contributed by atoms with van der Waals surface area (Å²) in [5.74, 6) is -4.44. The molecule has 0 saturated carbocycles. The number of hydrogen-bond acceptors (Lipinski definition) is 8. The second kappa shape index (κ2) is 8.22. The second-order valence-corrected chi connectivity index (χ2v) is 9.14. The van der Waals surface area contributed by atoms with Crippen LogP contribution >= 0.6 is 19.4 Å². The van der Waals surface area contributed by atoms with Gasteiger partial charge in [-0.1, -0.05) is 29.8 Å². The van der Waals surface area contributed by atoms with Crippen molar-refractivity contribution in [3.63, 3.8) is 0 Å². The van der Waals surface area contributed by atoms with Crippen LogP contribution < -0.4 is 15.8 Å². The molecule has 1 saturated heterocycles. The number of aliphatic hydroxyl groups is 1. The molecule has 1 aromatic carbocycles. The van der Waals surface area contributed by atoms with Gasteiger partial charge in [-0.2, -0.15) is 8.78 Å². The highest BCUT2D eigenvalue weighted by Gasteiger charge is 2.71. The molecule has 16 heteroatoms. The van der Waals surface area contributed by atoms with Crippen LogP contribution in [0, 0.1) is 0 Å². The van der Waals surface area contributed by atoms with Crippen LogP contribution in [0.2, 0.25) is 5.02 Å². The van der Waals surface area contributed by atoms with Crippen molar-refractivity contribution in [1.29, 1.82) is 0 Å². The highest BCUT2D eigenvalue weighted by Crippen LogP contribution is 2.57. The molecule has 1 aromatic heterocycles. The van der Waals surface area contributed by atoms with Gasteiger partial charge in [-0.15, -0.1) is 0 Å². The molecule has 2 aliphatic heterocycles. The van der Waals surface area contributed by atoms with E-state index in [0.717, 1.165) is 0 Å². The minimum Gasteiger partial charge on any atom is -0.404 e. The highest BCUT2D eigenvalue weighted by atomic mass is 35.5. The number of rotatable bonds is 5. The van der Waals surface area contributed by atoms with Crippen LogP contribution in [0.4, 0.5) is 17.6 Å². The van der Waals surface area contributed by atoms with E-state index < -0.39 is 61.0 Å². The largest absolute Gasteiger partial charge is 0.530 e. The number of nitrogens with one attached hydrogen (secondary N) is 1. The summed E-state index contributed by atoms with van der Waals surface area (Å²) in [7, 11) is -4.57. The highest BCUT2D eigenvalue weighted by molar-refractivity contribution is 7.49. The van der Waals surface area contributed by atoms with E-state index in [1.165, 1.54) is 12.1 Å². The molecule has 1 fully saturated rings. The Hall–Kier alpha value is -2.22. The molecule has 180 valence electrons. The average Bonchev–Trinajstić information content (AvgIpc) is 2.96. The molecule has 4 rings (SSSR count). The maximum Gasteiger partial charge on any atom is 0.530 e. The average molecular weight is 517 g/mol. The third-order valence-corrected chi connectivity index (χ3v) is 6.62. The number of aromatic nitrogens is 2. The predicted octanol–water partition coefficient (Wildman–Crippen LogP) is 2.45. The standard InChI is InChI=1S/C17H14ClF4N2O8P/c18-9-5-24(15(27)23-11(9)25)14-17(21,22)12(26)16(31-14,13(19)20)7-30-33(28)29-6-8-3-1-2-4-10(8)32-33/h1-5,12-14,26H,6-7H2,(H,23,25,27). The van der Waals surface area contributed by atoms with Gasteiger partial charge in [0.05, 0.1) is 13.2 Å². The molecule has 33 heavy (non-hydrogen) atoms. The number of aliphatic hydroxyl groups excluding tert-OH is 1. The zero-order chi connectivity index (χ0) is 24.2. The van der Waals surface area contributed by atoms with Gasteiger partial charge in [0.15, 0.2) is 11.7 Å². The Balaban J connectivity index is 1.65. The van der Waals surface area contributed by atoms with E-state index >= 15 is 0 Å². The molecule has 0 aliphatic carbocycles. The zero-order valence-electron chi connectivity index (χ0n) is 16.1. The lowest BCUT2D eigenvalue weighted by Gasteiger charge is -2.32. The zero-order valence-corrected chi connectivity index (χ0v) is 17.8. The third kappa shape index (κ3) is 4.00. The molecule has 10 nitrogen and oxygen atoms in total. The van der Waals surface area contributed by atoms with Crippen molar-refractivity contribution < 1.29 is 45.5 Å². The number of halogens is 5. The Kier molecular flexibility index (Phi) is 5.96. The fraction of sp³-hybridized carbons (Fsp3) is 0.412. The van der Waals surface area contributed by atoms with Gasteiger partial charge in [-0.05, 0) is 6.07 Å². The van der Waals surface area contributed by atoms with Gasteiger partial charge in [-0.25, -0.2) is 18.1 Å². The quantitative estimate of drug-likeness (QED) is 0.458. The van der Waals surface area contributed by atoms with Crippen LogP contribution in [-0.2, 0) is 25.0 Å². The smallest absolute Gasteiger partial charge is 0.404 e. The summed E-state index contributed by atoms with van der Waals surface area (Å²) in [4.78, 5) is 25.0. The second-order valence-electron chi connectivity index (χ2n) is 7.14. The van der Waals surface area contributed by atoms with Crippen molar-refractivity contribution in [1.82, 2.24) is 9.55 Å². The first-order valence-corrected chi connectivity index (χ1v) is 10.9. The molecule has 0 amide bonds. The van der Waals surface area contributed by atoms with Crippen LogP contribution in [0.1, 0.15) is 11.8 Å². The van der Waals surface area contributed by atoms with E-state index in [1.807, 2.05) is 0 Å². The molecule has 0 radical (unpaired) electrons.